The predicted octanol–water partition coefficient (Wildman–Crippen LogP) is 5.08. The van der Waals surface area contributed by atoms with Crippen LogP contribution in [0.1, 0.15) is 73.7 Å². The molecule has 3 aromatic rings. The lowest BCUT2D eigenvalue weighted by molar-refractivity contribution is 0.690. The van der Waals surface area contributed by atoms with Gasteiger partial charge in [0.25, 0.3) is 0 Å². The Kier molecular flexibility index (Phi) is 6.28. The van der Waals surface area contributed by atoms with Gasteiger partial charge in [-0.05, 0) is 60.1 Å². The van der Waals surface area contributed by atoms with Crippen LogP contribution in [0.4, 0.5) is 0 Å². The molecule has 0 amide bonds. The summed E-state index contributed by atoms with van der Waals surface area (Å²) >= 11 is 0. The van der Waals surface area contributed by atoms with Crippen molar-refractivity contribution in [3.8, 4) is 0 Å². The van der Waals surface area contributed by atoms with Crippen LogP contribution in [0.3, 0.4) is 0 Å². The minimum Gasteiger partial charge on any atom is -0.264 e. The Bertz CT molecular complexity index is 861. The third-order valence-corrected chi connectivity index (χ3v) is 4.97. The maximum absolute atomic E-state index is 4.94. The molecule has 4 nitrogen and oxygen atoms in total. The molecule has 3 heterocycles. The van der Waals surface area contributed by atoms with Crippen molar-refractivity contribution in [2.24, 2.45) is 0 Å². The van der Waals surface area contributed by atoms with Gasteiger partial charge in [0, 0.05) is 29.7 Å². The second-order valence-corrected chi connectivity index (χ2v) is 7.69. The van der Waals surface area contributed by atoms with Crippen LogP contribution in [0.2, 0.25) is 0 Å². The van der Waals surface area contributed by atoms with E-state index in [9.17, 15) is 0 Å². The summed E-state index contributed by atoms with van der Waals surface area (Å²) in [6.45, 7) is 8.74. The minimum atomic E-state index is 0.336. The summed E-state index contributed by atoms with van der Waals surface area (Å²) in [5.41, 5.74) is 5.78. The number of hydrogen-bond donors (Lipinski definition) is 0. The molecule has 0 radical (unpaired) electrons. The molecule has 0 N–H and O–H groups in total. The second-order valence-electron chi connectivity index (χ2n) is 7.69. The first-order valence-electron chi connectivity index (χ1n) is 9.70. The van der Waals surface area contributed by atoms with E-state index in [-0.39, 0.29) is 0 Å². The number of pyridine rings is 2. The van der Waals surface area contributed by atoms with E-state index in [1.807, 2.05) is 24.7 Å². The third-order valence-electron chi connectivity index (χ3n) is 4.97. The zero-order valence-electron chi connectivity index (χ0n) is 16.6. The van der Waals surface area contributed by atoms with Crippen molar-refractivity contribution in [3.05, 3.63) is 83.2 Å². The first kappa shape index (κ1) is 19.2. The molecule has 0 aliphatic carbocycles. The molecule has 27 heavy (non-hydrogen) atoms. The summed E-state index contributed by atoms with van der Waals surface area (Å²) in [6.07, 6.45) is 7.47. The highest BCUT2D eigenvalue weighted by molar-refractivity contribution is 5.22. The molecular weight excluding hydrogens is 332 g/mol. The normalized spacial score (nSPS) is 13.5. The van der Waals surface area contributed by atoms with E-state index < -0.39 is 0 Å². The Morgan fingerprint density at radius 1 is 0.852 bits per heavy atom. The summed E-state index contributed by atoms with van der Waals surface area (Å²) in [5.74, 6) is 1.13. The minimum absolute atomic E-state index is 0.336. The van der Waals surface area contributed by atoms with Gasteiger partial charge in [-0.2, -0.15) is 10.2 Å². The smallest absolute Gasteiger partial charge is 0.0659 e. The van der Waals surface area contributed by atoms with Crippen LogP contribution in [0, 0.1) is 0 Å². The van der Waals surface area contributed by atoms with Crippen LogP contribution < -0.4 is 0 Å². The molecule has 0 aliphatic heterocycles. The molecule has 0 saturated heterocycles. The van der Waals surface area contributed by atoms with Crippen LogP contribution in [0.15, 0.2) is 55.0 Å². The van der Waals surface area contributed by atoms with E-state index in [0.717, 1.165) is 29.9 Å². The van der Waals surface area contributed by atoms with Gasteiger partial charge in [0.2, 0.25) is 0 Å². The Morgan fingerprint density at radius 2 is 1.70 bits per heavy atom. The van der Waals surface area contributed by atoms with Gasteiger partial charge >= 0.3 is 0 Å². The van der Waals surface area contributed by atoms with Gasteiger partial charge in [-0.25, -0.2) is 0 Å². The number of hydrogen-bond acceptors (Lipinski definition) is 4. The molecule has 3 aromatic heterocycles. The van der Waals surface area contributed by atoms with Crippen molar-refractivity contribution < 1.29 is 0 Å². The lowest BCUT2D eigenvalue weighted by Gasteiger charge is -2.15. The lowest BCUT2D eigenvalue weighted by atomic mass is 9.95. The van der Waals surface area contributed by atoms with E-state index in [2.05, 4.69) is 73.2 Å². The average molecular weight is 361 g/mol. The molecule has 0 spiro atoms. The summed E-state index contributed by atoms with van der Waals surface area (Å²) in [4.78, 5) is 9.16. The van der Waals surface area contributed by atoms with Crippen molar-refractivity contribution in [1.82, 2.24) is 20.2 Å². The van der Waals surface area contributed by atoms with E-state index in [1.165, 1.54) is 11.1 Å². The Morgan fingerprint density at radius 3 is 2.44 bits per heavy atom. The fourth-order valence-corrected chi connectivity index (χ4v) is 3.26. The van der Waals surface area contributed by atoms with Gasteiger partial charge in [0.05, 0.1) is 11.9 Å². The topological polar surface area (TPSA) is 51.6 Å². The second kappa shape index (κ2) is 8.85. The summed E-state index contributed by atoms with van der Waals surface area (Å²) in [6, 6.07) is 12.7. The largest absolute Gasteiger partial charge is 0.264 e. The van der Waals surface area contributed by atoms with E-state index in [4.69, 9.17) is 4.98 Å². The molecule has 3 rings (SSSR count). The fraction of sp³-hybridized carbons (Fsp3) is 0.391. The summed E-state index contributed by atoms with van der Waals surface area (Å²) in [5, 5.41) is 8.39. The molecule has 2 atom stereocenters. The monoisotopic (exact) mass is 360 g/mol. The Balaban J connectivity index is 1.70. The van der Waals surface area contributed by atoms with Crippen LogP contribution in [-0.4, -0.2) is 20.2 Å². The van der Waals surface area contributed by atoms with Gasteiger partial charge in [-0.1, -0.05) is 39.8 Å². The maximum atomic E-state index is 4.94. The zero-order chi connectivity index (χ0) is 19.2. The van der Waals surface area contributed by atoms with Crippen molar-refractivity contribution in [3.63, 3.8) is 0 Å². The average Bonchev–Trinajstić information content (AvgIpc) is 2.69. The van der Waals surface area contributed by atoms with Gasteiger partial charge < -0.3 is 0 Å². The Hall–Kier alpha value is -2.62. The van der Waals surface area contributed by atoms with E-state index in [1.54, 1.807) is 0 Å². The third kappa shape index (κ3) is 5.19. The van der Waals surface area contributed by atoms with Gasteiger partial charge in [0.15, 0.2) is 0 Å². The first-order valence-corrected chi connectivity index (χ1v) is 9.70. The molecular formula is C23H28N4. The van der Waals surface area contributed by atoms with Crippen LogP contribution in [0.25, 0.3) is 0 Å². The van der Waals surface area contributed by atoms with Crippen molar-refractivity contribution in [2.75, 3.05) is 0 Å². The molecule has 0 fully saturated rings. The predicted molar refractivity (Wildman–Crippen MR) is 109 cm³/mol. The van der Waals surface area contributed by atoms with Crippen molar-refractivity contribution >= 4 is 0 Å². The van der Waals surface area contributed by atoms with E-state index in [0.29, 0.717) is 17.8 Å². The quantitative estimate of drug-likeness (QED) is 0.589. The highest BCUT2D eigenvalue weighted by Crippen LogP contribution is 2.23. The number of aromatic nitrogens is 4. The molecule has 0 aliphatic rings. The maximum Gasteiger partial charge on any atom is 0.0659 e. The molecule has 2 unspecified atom stereocenters. The van der Waals surface area contributed by atoms with Crippen LogP contribution >= 0.6 is 0 Å². The molecule has 0 saturated carbocycles. The van der Waals surface area contributed by atoms with Gasteiger partial charge in [0.1, 0.15) is 0 Å². The van der Waals surface area contributed by atoms with Crippen LogP contribution in [0.5, 0.6) is 0 Å². The first-order chi connectivity index (χ1) is 13.0. The number of rotatable bonds is 7. The van der Waals surface area contributed by atoms with E-state index >= 15 is 0 Å². The van der Waals surface area contributed by atoms with Crippen molar-refractivity contribution in [1.29, 1.82) is 0 Å². The molecule has 0 aromatic carbocycles. The SMILES string of the molecule is CC(C)c1cc(CC(C)c2cccc(CC(C)c3cccnc3)n2)cnn1. The summed E-state index contributed by atoms with van der Waals surface area (Å²) < 4.78 is 0. The molecule has 140 valence electrons. The van der Waals surface area contributed by atoms with Gasteiger partial charge in [-0.3, -0.25) is 9.97 Å². The molecule has 4 heteroatoms. The highest BCUT2D eigenvalue weighted by atomic mass is 15.1. The zero-order valence-corrected chi connectivity index (χ0v) is 16.6. The Labute approximate surface area is 162 Å². The van der Waals surface area contributed by atoms with Crippen molar-refractivity contribution in [2.45, 2.75) is 58.3 Å². The number of nitrogens with zero attached hydrogens (tertiary/aromatic N) is 4. The summed E-state index contributed by atoms with van der Waals surface area (Å²) in [7, 11) is 0. The van der Waals surface area contributed by atoms with Crippen LogP contribution in [-0.2, 0) is 12.8 Å². The fourth-order valence-electron chi connectivity index (χ4n) is 3.26. The standard InChI is InChI=1S/C23H28N4/c1-16(2)23-13-19(14-25-27-23)11-18(4)22-9-5-8-21(26-22)12-17(3)20-7-6-10-24-15-20/h5-10,13-18H,11-12H2,1-4H3. The lowest BCUT2D eigenvalue weighted by Crippen LogP contribution is -2.07. The molecule has 0 bridgehead atoms. The van der Waals surface area contributed by atoms with Gasteiger partial charge in [-0.15, -0.1) is 0 Å². The highest BCUT2D eigenvalue weighted by Gasteiger charge is 2.13.